The second-order valence-corrected chi connectivity index (χ2v) is 12.5. The van der Waals surface area contributed by atoms with Gasteiger partial charge in [0.2, 0.25) is 0 Å². The van der Waals surface area contributed by atoms with Gasteiger partial charge in [-0.25, -0.2) is 0 Å². The van der Waals surface area contributed by atoms with Crippen LogP contribution in [0.4, 0.5) is 0 Å². The molecule has 3 nitrogen and oxygen atoms in total. The molecule has 168 valence electrons. The zero-order valence-corrected chi connectivity index (χ0v) is 20.0. The van der Waals surface area contributed by atoms with Crippen molar-refractivity contribution in [1.29, 1.82) is 0 Å². The van der Waals surface area contributed by atoms with Crippen LogP contribution in [-0.2, 0) is 14.2 Å². The molecule has 0 bridgehead atoms. The Morgan fingerprint density at radius 1 is 0.844 bits per heavy atom. The van der Waals surface area contributed by atoms with Crippen molar-refractivity contribution in [3.63, 3.8) is 0 Å². The zero-order chi connectivity index (χ0) is 22.1. The Hall–Kier alpha value is -2.24. The van der Waals surface area contributed by atoms with Gasteiger partial charge in [-0.2, -0.15) is 0 Å². The summed E-state index contributed by atoms with van der Waals surface area (Å²) in [4.78, 5) is 0. The molecular weight excluding hydrogens is 412 g/mol. The van der Waals surface area contributed by atoms with E-state index in [4.69, 9.17) is 14.2 Å². The van der Waals surface area contributed by atoms with Gasteiger partial charge in [-0.15, -0.1) is 0 Å². The van der Waals surface area contributed by atoms with Crippen molar-refractivity contribution in [3.05, 3.63) is 91.0 Å². The molecule has 2 unspecified atom stereocenters. The maximum atomic E-state index is 6.10. The van der Waals surface area contributed by atoms with Crippen LogP contribution in [-0.4, -0.2) is 46.7 Å². The summed E-state index contributed by atoms with van der Waals surface area (Å²) in [6.45, 7) is 5.08. The van der Waals surface area contributed by atoms with Gasteiger partial charge in [-0.3, -0.25) is 0 Å². The summed E-state index contributed by atoms with van der Waals surface area (Å²) in [5.41, 5.74) is 0. The van der Waals surface area contributed by atoms with Gasteiger partial charge in [-0.05, 0) is 34.4 Å². The molecule has 1 saturated heterocycles. The second-order valence-electron chi connectivity index (χ2n) is 8.50. The number of epoxide rings is 1. The van der Waals surface area contributed by atoms with Gasteiger partial charge in [0.25, 0.3) is 0 Å². The molecule has 0 radical (unpaired) electrons. The van der Waals surface area contributed by atoms with E-state index in [1.807, 2.05) is 0 Å². The molecule has 32 heavy (non-hydrogen) atoms. The Bertz CT molecular complexity index is 817. The molecule has 1 aliphatic rings. The number of hydrogen-bond donors (Lipinski definition) is 0. The highest BCUT2D eigenvalue weighted by Gasteiger charge is 2.38. The molecule has 0 spiro atoms. The van der Waals surface area contributed by atoms with Crippen LogP contribution in [0.1, 0.15) is 19.8 Å². The van der Waals surface area contributed by atoms with Crippen LogP contribution in [0.25, 0.3) is 0 Å². The van der Waals surface area contributed by atoms with Crippen molar-refractivity contribution in [2.45, 2.75) is 38.0 Å². The normalized spacial score (nSPS) is 16.6. The summed E-state index contributed by atoms with van der Waals surface area (Å²) in [7, 11) is -2.16. The fraction of sp³-hybridized carbons (Fsp3) is 0.357. The average molecular weight is 447 g/mol. The fourth-order valence-electron chi connectivity index (χ4n) is 4.45. The smallest absolute Gasteiger partial charge is 0.148 e. The van der Waals surface area contributed by atoms with Gasteiger partial charge in [0.15, 0.2) is 0 Å². The lowest BCUT2D eigenvalue weighted by Crippen LogP contribution is -2.67. The average Bonchev–Trinajstić information content (AvgIpc) is 3.70. The molecule has 1 fully saturated rings. The Labute approximate surface area is 193 Å². The van der Waals surface area contributed by atoms with E-state index in [1.54, 1.807) is 0 Å². The molecule has 2 atom stereocenters. The summed E-state index contributed by atoms with van der Waals surface area (Å²) in [6, 6.07) is 34.4. The van der Waals surface area contributed by atoms with Crippen LogP contribution in [0.15, 0.2) is 91.0 Å². The van der Waals surface area contributed by atoms with E-state index in [1.165, 1.54) is 15.6 Å². The van der Waals surface area contributed by atoms with Gasteiger partial charge in [0.1, 0.15) is 14.2 Å². The molecule has 1 aliphatic heterocycles. The first-order valence-electron chi connectivity index (χ1n) is 11.8. The molecule has 0 N–H and O–H groups in total. The molecule has 0 saturated carbocycles. The molecule has 0 amide bonds. The van der Waals surface area contributed by atoms with E-state index in [2.05, 4.69) is 97.9 Å². The van der Waals surface area contributed by atoms with E-state index in [-0.39, 0.29) is 6.10 Å². The van der Waals surface area contributed by atoms with Crippen LogP contribution in [0.2, 0.25) is 6.04 Å². The summed E-state index contributed by atoms with van der Waals surface area (Å²) in [5.74, 6) is 0. The number of hydrogen-bond acceptors (Lipinski definition) is 3. The summed E-state index contributed by atoms with van der Waals surface area (Å²) >= 11 is 0. The highest BCUT2D eigenvalue weighted by molar-refractivity contribution is 7.11. The fourth-order valence-corrected chi connectivity index (χ4v) is 9.27. The van der Waals surface area contributed by atoms with Gasteiger partial charge in [0, 0.05) is 6.61 Å². The first-order chi connectivity index (χ1) is 15.8. The standard InChI is InChI=1S/C28H34O3Si/c1-2-24(30-22-25-23-31-25)21-29-19-12-20-32(26-13-6-3-7-14-26,27-15-8-4-9-16-27)28-17-10-5-11-18-28/h3-11,13-18,24-25H,2,12,19-23H2,1H3. The molecule has 1 heterocycles. The number of rotatable bonds is 13. The summed E-state index contributed by atoms with van der Waals surface area (Å²) in [5, 5.41) is 4.37. The largest absolute Gasteiger partial charge is 0.379 e. The highest BCUT2D eigenvalue weighted by atomic mass is 28.3. The van der Waals surface area contributed by atoms with Gasteiger partial charge in [-0.1, -0.05) is 97.9 Å². The molecule has 3 aromatic rings. The lowest BCUT2D eigenvalue weighted by molar-refractivity contribution is -0.0226. The van der Waals surface area contributed by atoms with Crippen molar-refractivity contribution in [3.8, 4) is 0 Å². The summed E-state index contributed by atoms with van der Waals surface area (Å²) in [6.07, 6.45) is 2.44. The van der Waals surface area contributed by atoms with Crippen LogP contribution < -0.4 is 15.6 Å². The van der Waals surface area contributed by atoms with Crippen LogP contribution in [0, 0.1) is 0 Å². The van der Waals surface area contributed by atoms with Crippen LogP contribution in [0.3, 0.4) is 0 Å². The van der Waals surface area contributed by atoms with Gasteiger partial charge >= 0.3 is 0 Å². The maximum absolute atomic E-state index is 6.10. The molecule has 3 aromatic carbocycles. The maximum Gasteiger partial charge on any atom is 0.148 e. The van der Waals surface area contributed by atoms with Crippen molar-refractivity contribution in [2.24, 2.45) is 0 Å². The third-order valence-electron chi connectivity index (χ3n) is 6.32. The minimum atomic E-state index is -2.16. The number of ether oxygens (including phenoxy) is 3. The molecule has 4 rings (SSSR count). The predicted octanol–water partition coefficient (Wildman–Crippen LogP) is 3.76. The van der Waals surface area contributed by atoms with E-state index >= 15 is 0 Å². The highest BCUT2D eigenvalue weighted by Crippen LogP contribution is 2.16. The zero-order valence-electron chi connectivity index (χ0n) is 19.0. The quantitative estimate of drug-likeness (QED) is 0.173. The monoisotopic (exact) mass is 446 g/mol. The Balaban J connectivity index is 1.49. The third kappa shape index (κ3) is 5.76. The van der Waals surface area contributed by atoms with E-state index in [0.29, 0.717) is 19.3 Å². The van der Waals surface area contributed by atoms with Crippen molar-refractivity contribution in [1.82, 2.24) is 0 Å². The van der Waals surface area contributed by atoms with Crippen LogP contribution >= 0.6 is 0 Å². The topological polar surface area (TPSA) is 31.0 Å². The second kappa shape index (κ2) is 11.6. The minimum Gasteiger partial charge on any atom is -0.379 e. The SMILES string of the molecule is CCC(COCCC[Si](c1ccccc1)(c1ccccc1)c1ccccc1)OCC1CO1. The van der Waals surface area contributed by atoms with E-state index in [9.17, 15) is 0 Å². The van der Waals surface area contributed by atoms with E-state index in [0.717, 1.165) is 32.1 Å². The van der Waals surface area contributed by atoms with Gasteiger partial charge < -0.3 is 14.2 Å². The number of benzene rings is 3. The molecular formula is C28H34O3Si. The van der Waals surface area contributed by atoms with Crippen molar-refractivity contribution < 1.29 is 14.2 Å². The Morgan fingerprint density at radius 3 is 1.78 bits per heavy atom. The van der Waals surface area contributed by atoms with Gasteiger partial charge in [0.05, 0.1) is 25.9 Å². The predicted molar refractivity (Wildman–Crippen MR) is 134 cm³/mol. The minimum absolute atomic E-state index is 0.151. The summed E-state index contributed by atoms with van der Waals surface area (Å²) < 4.78 is 17.3. The lowest BCUT2D eigenvalue weighted by atomic mass is 10.3. The third-order valence-corrected chi connectivity index (χ3v) is 11.4. The first-order valence-corrected chi connectivity index (χ1v) is 14.0. The Morgan fingerprint density at radius 2 is 1.34 bits per heavy atom. The van der Waals surface area contributed by atoms with Crippen LogP contribution in [0.5, 0.6) is 0 Å². The molecule has 4 heteroatoms. The first kappa shape index (κ1) is 22.9. The molecule has 0 aliphatic carbocycles. The van der Waals surface area contributed by atoms with Crippen molar-refractivity contribution >= 4 is 23.6 Å². The lowest BCUT2D eigenvalue weighted by Gasteiger charge is -2.34. The van der Waals surface area contributed by atoms with Crippen molar-refractivity contribution in [2.75, 3.05) is 26.4 Å². The van der Waals surface area contributed by atoms with E-state index < -0.39 is 8.07 Å². The molecule has 0 aromatic heterocycles. The Kier molecular flexibility index (Phi) is 8.29.